The molecule has 6 nitrogen and oxygen atoms in total. The van der Waals surface area contributed by atoms with Crippen LogP contribution in [0, 0.1) is 6.92 Å². The second kappa shape index (κ2) is 6.03. The van der Waals surface area contributed by atoms with Crippen LogP contribution in [0.2, 0.25) is 0 Å². The van der Waals surface area contributed by atoms with E-state index in [1.807, 2.05) is 6.07 Å². The zero-order valence-corrected chi connectivity index (χ0v) is 14.3. The molecule has 0 bridgehead atoms. The second-order valence-corrected chi connectivity index (χ2v) is 6.65. The molecule has 1 aliphatic rings. The highest BCUT2D eigenvalue weighted by Crippen LogP contribution is 2.25. The molecule has 2 atom stereocenters. The Kier molecular flexibility index (Phi) is 3.86. The SMILES string of the molecule is Cc1cn(Cc2nnc([C@H]3CN(C)C[C@@H](C)O3)o2)c2ccccc12. The molecule has 126 valence electrons. The molecule has 4 rings (SSSR count). The Morgan fingerprint density at radius 2 is 2.04 bits per heavy atom. The predicted octanol–water partition coefficient (Wildman–Crippen LogP) is 2.77. The number of rotatable bonds is 3. The molecule has 0 amide bonds. The summed E-state index contributed by atoms with van der Waals surface area (Å²) in [4.78, 5) is 2.23. The molecule has 24 heavy (non-hydrogen) atoms. The zero-order chi connectivity index (χ0) is 16.7. The standard InChI is InChI=1S/C18H22N4O2/c1-12-8-22(15-7-5-4-6-14(12)15)11-17-19-20-18(24-17)16-10-21(3)9-13(2)23-16/h4-8,13,16H,9-11H2,1-3H3/t13-,16-/m1/s1. The van der Waals surface area contributed by atoms with Gasteiger partial charge in [0.2, 0.25) is 11.8 Å². The summed E-state index contributed by atoms with van der Waals surface area (Å²) in [6.07, 6.45) is 2.14. The molecule has 1 fully saturated rings. The van der Waals surface area contributed by atoms with Gasteiger partial charge in [-0.1, -0.05) is 18.2 Å². The summed E-state index contributed by atoms with van der Waals surface area (Å²) in [6, 6.07) is 8.35. The third-order valence-corrected chi connectivity index (χ3v) is 4.49. The minimum absolute atomic E-state index is 0.150. The fourth-order valence-corrected chi connectivity index (χ4v) is 3.47. The molecular formula is C18H22N4O2. The Labute approximate surface area is 141 Å². The lowest BCUT2D eigenvalue weighted by atomic mass is 10.2. The summed E-state index contributed by atoms with van der Waals surface area (Å²) in [5.41, 5.74) is 2.42. The number of para-hydroxylation sites is 1. The molecule has 0 spiro atoms. The summed E-state index contributed by atoms with van der Waals surface area (Å²) in [5, 5.41) is 9.68. The largest absolute Gasteiger partial charge is 0.420 e. The minimum Gasteiger partial charge on any atom is -0.420 e. The first-order valence-corrected chi connectivity index (χ1v) is 8.31. The third kappa shape index (κ3) is 2.83. The van der Waals surface area contributed by atoms with Gasteiger partial charge in [-0.25, -0.2) is 0 Å². The normalized spacial score (nSPS) is 22.3. The first kappa shape index (κ1) is 15.4. The molecule has 0 N–H and O–H groups in total. The highest BCUT2D eigenvalue weighted by molar-refractivity contribution is 5.83. The Morgan fingerprint density at radius 1 is 1.21 bits per heavy atom. The topological polar surface area (TPSA) is 56.3 Å². The predicted molar refractivity (Wildman–Crippen MR) is 90.9 cm³/mol. The Morgan fingerprint density at radius 3 is 2.88 bits per heavy atom. The Bertz CT molecular complexity index is 844. The van der Waals surface area contributed by atoms with Gasteiger partial charge in [0.05, 0.1) is 6.10 Å². The van der Waals surface area contributed by atoms with E-state index in [0.717, 1.165) is 13.1 Å². The average Bonchev–Trinajstić information content (AvgIpc) is 3.13. The lowest BCUT2D eigenvalue weighted by Gasteiger charge is -2.32. The van der Waals surface area contributed by atoms with Crippen LogP contribution in [0.15, 0.2) is 34.9 Å². The number of hydrogen-bond acceptors (Lipinski definition) is 5. The van der Waals surface area contributed by atoms with Crippen molar-refractivity contribution in [2.24, 2.45) is 0 Å². The van der Waals surface area contributed by atoms with Crippen LogP contribution in [0.5, 0.6) is 0 Å². The van der Waals surface area contributed by atoms with Crippen molar-refractivity contribution in [1.29, 1.82) is 0 Å². The number of benzene rings is 1. The highest BCUT2D eigenvalue weighted by atomic mass is 16.5. The first-order valence-electron chi connectivity index (χ1n) is 8.31. The monoisotopic (exact) mass is 326 g/mol. The van der Waals surface area contributed by atoms with E-state index in [9.17, 15) is 0 Å². The number of hydrogen-bond donors (Lipinski definition) is 0. The number of morpholine rings is 1. The average molecular weight is 326 g/mol. The molecule has 1 aliphatic heterocycles. The fraction of sp³-hybridized carbons (Fsp3) is 0.444. The van der Waals surface area contributed by atoms with Gasteiger partial charge < -0.3 is 18.6 Å². The molecule has 0 aliphatic carbocycles. The molecule has 3 heterocycles. The zero-order valence-electron chi connectivity index (χ0n) is 14.3. The van der Waals surface area contributed by atoms with E-state index in [-0.39, 0.29) is 12.2 Å². The summed E-state index contributed by atoms with van der Waals surface area (Å²) in [6.45, 7) is 6.45. The number of aryl methyl sites for hydroxylation is 1. The van der Waals surface area contributed by atoms with Gasteiger partial charge >= 0.3 is 0 Å². The Hall–Kier alpha value is -2.18. The van der Waals surface area contributed by atoms with Crippen molar-refractivity contribution in [3.63, 3.8) is 0 Å². The van der Waals surface area contributed by atoms with Crippen LogP contribution in [0.4, 0.5) is 0 Å². The molecule has 1 saturated heterocycles. The van der Waals surface area contributed by atoms with Crippen molar-refractivity contribution in [3.8, 4) is 0 Å². The highest BCUT2D eigenvalue weighted by Gasteiger charge is 2.28. The number of likely N-dealkylation sites (N-methyl/N-ethyl adjacent to an activating group) is 1. The molecule has 0 saturated carbocycles. The lowest BCUT2D eigenvalue weighted by Crippen LogP contribution is -2.40. The summed E-state index contributed by atoms with van der Waals surface area (Å²) >= 11 is 0. The third-order valence-electron chi connectivity index (χ3n) is 4.49. The molecule has 3 aromatic rings. The maximum atomic E-state index is 5.94. The molecule has 0 radical (unpaired) electrons. The maximum Gasteiger partial charge on any atom is 0.246 e. The van der Waals surface area contributed by atoms with Gasteiger partial charge in [-0.3, -0.25) is 0 Å². The van der Waals surface area contributed by atoms with Gasteiger partial charge in [-0.2, -0.15) is 0 Å². The van der Waals surface area contributed by atoms with E-state index in [0.29, 0.717) is 18.3 Å². The van der Waals surface area contributed by atoms with Crippen LogP contribution in [-0.4, -0.2) is 45.9 Å². The van der Waals surface area contributed by atoms with Crippen LogP contribution in [-0.2, 0) is 11.3 Å². The number of aromatic nitrogens is 3. The van der Waals surface area contributed by atoms with Crippen LogP contribution in [0.1, 0.15) is 30.4 Å². The molecule has 0 unspecified atom stereocenters. The van der Waals surface area contributed by atoms with Crippen LogP contribution >= 0.6 is 0 Å². The quantitative estimate of drug-likeness (QED) is 0.741. The number of fused-ring (bicyclic) bond motifs is 1. The number of ether oxygens (including phenoxy) is 1. The number of nitrogens with zero attached hydrogens (tertiary/aromatic N) is 4. The van der Waals surface area contributed by atoms with Gasteiger partial charge in [0.25, 0.3) is 0 Å². The minimum atomic E-state index is -0.150. The summed E-state index contributed by atoms with van der Waals surface area (Å²) < 4.78 is 14.0. The van der Waals surface area contributed by atoms with E-state index in [1.54, 1.807) is 0 Å². The van der Waals surface area contributed by atoms with Crippen molar-refractivity contribution in [2.75, 3.05) is 20.1 Å². The summed E-state index contributed by atoms with van der Waals surface area (Å²) in [7, 11) is 2.08. The van der Waals surface area contributed by atoms with Gasteiger partial charge in [0.15, 0.2) is 0 Å². The van der Waals surface area contributed by atoms with Gasteiger partial charge in [-0.15, -0.1) is 10.2 Å². The van der Waals surface area contributed by atoms with E-state index in [2.05, 4.69) is 65.0 Å². The smallest absolute Gasteiger partial charge is 0.246 e. The maximum absolute atomic E-state index is 5.94. The first-order chi connectivity index (χ1) is 11.6. The van der Waals surface area contributed by atoms with Crippen molar-refractivity contribution in [3.05, 3.63) is 47.8 Å². The van der Waals surface area contributed by atoms with Gasteiger partial charge in [0.1, 0.15) is 12.6 Å². The fourth-order valence-electron chi connectivity index (χ4n) is 3.47. The lowest BCUT2D eigenvalue weighted by molar-refractivity contribution is -0.0826. The van der Waals surface area contributed by atoms with Crippen molar-refractivity contribution in [1.82, 2.24) is 19.7 Å². The van der Waals surface area contributed by atoms with Crippen LogP contribution < -0.4 is 0 Å². The van der Waals surface area contributed by atoms with Crippen molar-refractivity contribution in [2.45, 2.75) is 32.6 Å². The van der Waals surface area contributed by atoms with E-state index < -0.39 is 0 Å². The van der Waals surface area contributed by atoms with Crippen LogP contribution in [0.3, 0.4) is 0 Å². The molecule has 6 heteroatoms. The molecule has 2 aromatic heterocycles. The molecular weight excluding hydrogens is 304 g/mol. The van der Waals surface area contributed by atoms with Gasteiger partial charge in [0, 0.05) is 30.2 Å². The van der Waals surface area contributed by atoms with E-state index in [1.165, 1.54) is 16.5 Å². The van der Waals surface area contributed by atoms with E-state index >= 15 is 0 Å². The van der Waals surface area contributed by atoms with Gasteiger partial charge in [-0.05, 0) is 32.5 Å². The van der Waals surface area contributed by atoms with Crippen molar-refractivity contribution >= 4 is 10.9 Å². The second-order valence-electron chi connectivity index (χ2n) is 6.65. The molecule has 1 aromatic carbocycles. The van der Waals surface area contributed by atoms with Crippen molar-refractivity contribution < 1.29 is 9.15 Å². The summed E-state index contributed by atoms with van der Waals surface area (Å²) in [5.74, 6) is 1.17. The van der Waals surface area contributed by atoms with Crippen LogP contribution in [0.25, 0.3) is 10.9 Å². The van der Waals surface area contributed by atoms with E-state index in [4.69, 9.17) is 9.15 Å². The Balaban J connectivity index is 1.57.